The van der Waals surface area contributed by atoms with Gasteiger partial charge in [-0.3, -0.25) is 0 Å². The highest BCUT2D eigenvalue weighted by molar-refractivity contribution is 9.28. The Morgan fingerprint density at radius 3 is 2.63 bits per heavy atom. The third-order valence-electron chi connectivity index (χ3n) is 3.37. The fourth-order valence-corrected chi connectivity index (χ4v) is 2.99. The van der Waals surface area contributed by atoms with Gasteiger partial charge in [-0.15, -0.1) is 0 Å². The summed E-state index contributed by atoms with van der Waals surface area (Å²) < 4.78 is 6.59. The molecule has 0 bridgehead atoms. The molecule has 2 aromatic rings. The summed E-state index contributed by atoms with van der Waals surface area (Å²) in [6, 6.07) is 12.3. The van der Waals surface area contributed by atoms with Crippen molar-refractivity contribution in [3.63, 3.8) is 0 Å². The first-order valence-electron chi connectivity index (χ1n) is 7.89. The van der Waals surface area contributed by atoms with E-state index in [1.54, 1.807) is 43.3 Å². The van der Waals surface area contributed by atoms with Crippen molar-refractivity contribution in [3.05, 3.63) is 67.6 Å². The number of ether oxygens (including phenoxy) is 1. The van der Waals surface area contributed by atoms with Gasteiger partial charge < -0.3 is 14.7 Å². The zero-order valence-corrected chi connectivity index (χ0v) is 18.2. The van der Waals surface area contributed by atoms with Gasteiger partial charge in [0.05, 0.1) is 8.41 Å². The Morgan fingerprint density at radius 2 is 2.00 bits per heavy atom. The first-order chi connectivity index (χ1) is 12.9. The summed E-state index contributed by atoms with van der Waals surface area (Å²) in [5.41, 5.74) is 1.80. The normalized spacial score (nSPS) is 11.0. The number of benzene rings is 2. The van der Waals surface area contributed by atoms with Crippen LogP contribution in [0.1, 0.15) is 23.6 Å². The highest BCUT2D eigenvalue weighted by atomic mass is 79.9. The van der Waals surface area contributed by atoms with Crippen molar-refractivity contribution in [1.82, 2.24) is 0 Å². The fourth-order valence-electron chi connectivity index (χ4n) is 2.22. The van der Waals surface area contributed by atoms with E-state index in [9.17, 15) is 9.90 Å². The number of nitrogens with zero attached hydrogens (tertiary/aromatic N) is 1. The molecule has 0 aliphatic carbocycles. The van der Waals surface area contributed by atoms with Crippen LogP contribution >= 0.6 is 43.5 Å². The van der Waals surface area contributed by atoms with Gasteiger partial charge in [-0.1, -0.05) is 47.1 Å². The van der Waals surface area contributed by atoms with Crippen LogP contribution in [-0.2, 0) is 16.2 Å². The van der Waals surface area contributed by atoms with Crippen molar-refractivity contribution in [3.8, 4) is 5.75 Å². The molecule has 0 atom stereocenters. The van der Waals surface area contributed by atoms with E-state index in [-0.39, 0.29) is 18.9 Å². The smallest absolute Gasteiger partial charge is 0.358 e. The Balaban J connectivity index is 2.24. The van der Waals surface area contributed by atoms with Crippen molar-refractivity contribution in [2.45, 2.75) is 13.5 Å². The van der Waals surface area contributed by atoms with Gasteiger partial charge in [0.15, 0.2) is 5.71 Å². The molecule has 2 aromatic carbocycles. The molecule has 0 aliphatic rings. The van der Waals surface area contributed by atoms with Gasteiger partial charge in [-0.25, -0.2) is 4.79 Å². The Kier molecular flexibility index (Phi) is 8.34. The second kappa shape index (κ2) is 10.5. The lowest BCUT2D eigenvalue weighted by Gasteiger charge is -2.12. The molecule has 8 heteroatoms. The van der Waals surface area contributed by atoms with E-state index in [4.69, 9.17) is 21.2 Å². The molecular weight excluding hydrogens is 501 g/mol. The van der Waals surface area contributed by atoms with E-state index in [2.05, 4.69) is 37.0 Å². The lowest BCUT2D eigenvalue weighted by Crippen LogP contribution is -2.18. The van der Waals surface area contributed by atoms with Crippen molar-refractivity contribution >= 4 is 61.2 Å². The monoisotopic (exact) mass is 515 g/mol. The van der Waals surface area contributed by atoms with Gasteiger partial charge in [0.25, 0.3) is 0 Å². The molecule has 2 rings (SSSR count). The topological polar surface area (TPSA) is 68.1 Å². The van der Waals surface area contributed by atoms with Crippen molar-refractivity contribution in [2.75, 3.05) is 6.61 Å². The quantitative estimate of drug-likeness (QED) is 0.353. The Labute approximate surface area is 178 Å². The van der Waals surface area contributed by atoms with Gasteiger partial charge in [-0.2, -0.15) is 0 Å². The Bertz CT molecular complexity index is 880. The Morgan fingerprint density at radius 1 is 1.26 bits per heavy atom. The SMILES string of the molecule is CCO/N=C(/C(=O)O)c1ccccc1COc1ccc(C=C(Br)Br)cc1Cl. The zero-order valence-electron chi connectivity index (χ0n) is 14.3. The first-order valence-corrected chi connectivity index (χ1v) is 9.85. The van der Waals surface area contributed by atoms with Crippen LogP contribution in [0.2, 0.25) is 5.02 Å². The molecule has 142 valence electrons. The number of halogens is 3. The standard InChI is InChI=1S/C19H16Br2ClNO4/c1-2-27-23-18(19(24)25)14-6-4-3-5-13(14)11-26-16-8-7-12(9-15(16)22)10-17(20)21/h3-10H,2,11H2,1H3,(H,24,25)/b23-18+. The summed E-state index contributed by atoms with van der Waals surface area (Å²) in [5, 5.41) is 13.6. The summed E-state index contributed by atoms with van der Waals surface area (Å²) in [4.78, 5) is 16.5. The number of carboxylic acid groups (broad SMARTS) is 1. The summed E-state index contributed by atoms with van der Waals surface area (Å²) in [7, 11) is 0. The molecule has 0 aliphatic heterocycles. The molecule has 1 N–H and O–H groups in total. The highest BCUT2D eigenvalue weighted by Crippen LogP contribution is 2.29. The summed E-state index contributed by atoms with van der Waals surface area (Å²) in [5.74, 6) is -0.682. The minimum atomic E-state index is -1.18. The molecule has 0 saturated heterocycles. The van der Waals surface area contributed by atoms with Crippen molar-refractivity contribution < 1.29 is 19.5 Å². The van der Waals surface area contributed by atoms with E-state index >= 15 is 0 Å². The molecule has 0 unspecified atom stereocenters. The zero-order chi connectivity index (χ0) is 19.8. The molecular formula is C19H16Br2ClNO4. The van der Waals surface area contributed by atoms with E-state index in [0.717, 1.165) is 8.96 Å². The molecule has 0 amide bonds. The fraction of sp³-hybridized carbons (Fsp3) is 0.158. The summed E-state index contributed by atoms with van der Waals surface area (Å²) in [6.45, 7) is 2.13. The van der Waals surface area contributed by atoms with Crippen LogP contribution in [0, 0.1) is 0 Å². The minimum Gasteiger partial charge on any atom is -0.487 e. The second-order valence-corrected chi connectivity index (χ2v) is 8.41. The van der Waals surface area contributed by atoms with Crippen LogP contribution < -0.4 is 4.74 Å². The summed E-state index contributed by atoms with van der Waals surface area (Å²) >= 11 is 12.9. The third kappa shape index (κ3) is 6.37. The largest absolute Gasteiger partial charge is 0.487 e. The number of rotatable bonds is 8. The van der Waals surface area contributed by atoms with Crippen LogP contribution in [-0.4, -0.2) is 23.4 Å². The van der Waals surface area contributed by atoms with E-state index in [1.807, 2.05) is 12.1 Å². The number of aliphatic carboxylic acids is 1. The van der Waals surface area contributed by atoms with Crippen LogP contribution in [0.5, 0.6) is 5.75 Å². The van der Waals surface area contributed by atoms with Gasteiger partial charge in [-0.05, 0) is 68.1 Å². The number of hydrogen-bond acceptors (Lipinski definition) is 4. The van der Waals surface area contributed by atoms with Crippen LogP contribution in [0.15, 0.2) is 51.0 Å². The third-order valence-corrected chi connectivity index (χ3v) is 4.13. The van der Waals surface area contributed by atoms with Crippen molar-refractivity contribution in [1.29, 1.82) is 0 Å². The molecule has 0 spiro atoms. The lowest BCUT2D eigenvalue weighted by molar-refractivity contribution is -0.129. The molecule has 0 heterocycles. The molecule has 0 saturated carbocycles. The van der Waals surface area contributed by atoms with Gasteiger partial charge in [0, 0.05) is 5.56 Å². The van der Waals surface area contributed by atoms with E-state index < -0.39 is 5.97 Å². The van der Waals surface area contributed by atoms with Crippen LogP contribution in [0.3, 0.4) is 0 Å². The molecule has 0 fully saturated rings. The highest BCUT2D eigenvalue weighted by Gasteiger charge is 2.18. The van der Waals surface area contributed by atoms with Crippen LogP contribution in [0.25, 0.3) is 6.08 Å². The molecule has 0 aromatic heterocycles. The number of carbonyl (C=O) groups is 1. The minimum absolute atomic E-state index is 0.131. The maximum Gasteiger partial charge on any atom is 0.358 e. The van der Waals surface area contributed by atoms with E-state index in [0.29, 0.717) is 21.9 Å². The van der Waals surface area contributed by atoms with E-state index in [1.165, 1.54) is 0 Å². The number of carboxylic acids is 1. The van der Waals surface area contributed by atoms with Crippen molar-refractivity contribution in [2.24, 2.45) is 5.16 Å². The molecule has 5 nitrogen and oxygen atoms in total. The molecule has 27 heavy (non-hydrogen) atoms. The summed E-state index contributed by atoms with van der Waals surface area (Å²) in [6.07, 6.45) is 1.86. The maximum absolute atomic E-state index is 11.5. The van der Waals surface area contributed by atoms with Gasteiger partial charge in [0.1, 0.15) is 19.0 Å². The second-order valence-electron chi connectivity index (χ2n) is 5.23. The van der Waals surface area contributed by atoms with Gasteiger partial charge >= 0.3 is 5.97 Å². The average Bonchev–Trinajstić information content (AvgIpc) is 2.61. The lowest BCUT2D eigenvalue weighted by atomic mass is 10.0. The molecule has 0 radical (unpaired) electrons. The maximum atomic E-state index is 11.5. The Hall–Kier alpha value is -1.83. The average molecular weight is 518 g/mol. The predicted molar refractivity (Wildman–Crippen MR) is 114 cm³/mol. The van der Waals surface area contributed by atoms with Crippen LogP contribution in [0.4, 0.5) is 0 Å². The number of hydrogen-bond donors (Lipinski definition) is 1. The predicted octanol–water partition coefficient (Wildman–Crippen LogP) is 5.83. The number of oxime groups is 1. The van der Waals surface area contributed by atoms with Gasteiger partial charge in [0.2, 0.25) is 0 Å². The first kappa shape index (κ1) is 21.5.